The van der Waals surface area contributed by atoms with E-state index in [1.165, 1.54) is 17.7 Å². The van der Waals surface area contributed by atoms with Gasteiger partial charge in [0.25, 0.3) is 0 Å². The predicted molar refractivity (Wildman–Crippen MR) is 86.9 cm³/mol. The van der Waals surface area contributed by atoms with E-state index in [2.05, 4.69) is 26.0 Å². The van der Waals surface area contributed by atoms with Crippen molar-refractivity contribution in [3.63, 3.8) is 0 Å². The first-order valence-electron chi connectivity index (χ1n) is 7.52. The summed E-state index contributed by atoms with van der Waals surface area (Å²) in [5.74, 6) is 0.771. The van der Waals surface area contributed by atoms with E-state index in [4.69, 9.17) is 0 Å². The van der Waals surface area contributed by atoms with Gasteiger partial charge in [0.1, 0.15) is 10.1 Å². The number of hydrogen-bond acceptors (Lipinski definition) is 3. The summed E-state index contributed by atoms with van der Waals surface area (Å²) >= 11 is 0. The van der Waals surface area contributed by atoms with Crippen LogP contribution in [-0.4, -0.2) is 13.0 Å². The molecule has 0 aliphatic rings. The standard InChI is InChI=1S/C18H22O3S/c1-3-15(13-14(2)16-7-5-4-6-8-16)17-9-11-18(12-10-17)22(19,20)21/h4-12,14-15H,3,13H2,1-2H3,(H,19,20,21)/p-1. The average Bonchev–Trinajstić information content (AvgIpc) is 2.52. The van der Waals surface area contributed by atoms with Gasteiger partial charge in [-0.3, -0.25) is 0 Å². The van der Waals surface area contributed by atoms with E-state index in [1.54, 1.807) is 12.1 Å². The Bertz CT molecular complexity index is 691. The van der Waals surface area contributed by atoms with Gasteiger partial charge in [-0.1, -0.05) is 56.3 Å². The average molecular weight is 317 g/mol. The topological polar surface area (TPSA) is 57.2 Å². The van der Waals surface area contributed by atoms with Crippen molar-refractivity contribution in [1.29, 1.82) is 0 Å². The summed E-state index contributed by atoms with van der Waals surface area (Å²) < 4.78 is 33.0. The van der Waals surface area contributed by atoms with Crippen molar-refractivity contribution >= 4 is 10.1 Å². The highest BCUT2D eigenvalue weighted by atomic mass is 32.2. The predicted octanol–water partition coefficient (Wildman–Crippen LogP) is 4.28. The van der Waals surface area contributed by atoms with Crippen molar-refractivity contribution in [3.8, 4) is 0 Å². The molecule has 0 bridgehead atoms. The summed E-state index contributed by atoms with van der Waals surface area (Å²) in [5, 5.41) is 0. The second kappa shape index (κ2) is 7.07. The lowest BCUT2D eigenvalue weighted by molar-refractivity contribution is 0.463. The van der Waals surface area contributed by atoms with Gasteiger partial charge in [-0.15, -0.1) is 0 Å². The van der Waals surface area contributed by atoms with E-state index in [-0.39, 0.29) is 4.90 Å². The highest BCUT2D eigenvalue weighted by molar-refractivity contribution is 7.85. The molecule has 118 valence electrons. The first kappa shape index (κ1) is 16.7. The zero-order valence-electron chi connectivity index (χ0n) is 12.9. The van der Waals surface area contributed by atoms with Gasteiger partial charge in [0.15, 0.2) is 0 Å². The summed E-state index contributed by atoms with van der Waals surface area (Å²) in [6.45, 7) is 4.33. The quantitative estimate of drug-likeness (QED) is 0.747. The number of hydrogen-bond donors (Lipinski definition) is 0. The van der Waals surface area contributed by atoms with Crippen LogP contribution in [0.4, 0.5) is 0 Å². The molecule has 2 aromatic carbocycles. The van der Waals surface area contributed by atoms with E-state index in [9.17, 15) is 13.0 Å². The van der Waals surface area contributed by atoms with E-state index in [0.29, 0.717) is 11.8 Å². The fraction of sp³-hybridized carbons (Fsp3) is 0.333. The van der Waals surface area contributed by atoms with Crippen LogP contribution < -0.4 is 0 Å². The van der Waals surface area contributed by atoms with Crippen molar-refractivity contribution in [3.05, 3.63) is 65.7 Å². The largest absolute Gasteiger partial charge is 0.744 e. The van der Waals surface area contributed by atoms with Crippen LogP contribution in [0.1, 0.15) is 49.7 Å². The Morgan fingerprint density at radius 1 is 0.955 bits per heavy atom. The SMILES string of the molecule is CCC(CC(C)c1ccccc1)c1ccc(S(=O)(=O)[O-])cc1. The van der Waals surface area contributed by atoms with Gasteiger partial charge in [0, 0.05) is 0 Å². The van der Waals surface area contributed by atoms with Gasteiger partial charge >= 0.3 is 0 Å². The van der Waals surface area contributed by atoms with Crippen LogP contribution in [0.2, 0.25) is 0 Å². The van der Waals surface area contributed by atoms with E-state index < -0.39 is 10.1 Å². The Morgan fingerprint density at radius 2 is 1.55 bits per heavy atom. The first-order valence-corrected chi connectivity index (χ1v) is 8.93. The molecule has 0 aliphatic carbocycles. The normalized spacial score (nSPS) is 14.5. The summed E-state index contributed by atoms with van der Waals surface area (Å²) in [7, 11) is -4.37. The molecule has 0 heterocycles. The van der Waals surface area contributed by atoms with Crippen molar-refractivity contribution < 1.29 is 13.0 Å². The first-order chi connectivity index (χ1) is 10.4. The van der Waals surface area contributed by atoms with Gasteiger partial charge in [-0.05, 0) is 47.9 Å². The number of benzene rings is 2. The van der Waals surface area contributed by atoms with Crippen LogP contribution in [0.3, 0.4) is 0 Å². The summed E-state index contributed by atoms with van der Waals surface area (Å²) in [5.41, 5.74) is 2.39. The van der Waals surface area contributed by atoms with Crippen LogP contribution in [0.5, 0.6) is 0 Å². The molecule has 2 unspecified atom stereocenters. The molecule has 0 saturated carbocycles. The van der Waals surface area contributed by atoms with Crippen molar-refractivity contribution in [2.45, 2.75) is 43.4 Å². The smallest absolute Gasteiger partial charge is 0.124 e. The molecule has 0 N–H and O–H groups in total. The third-order valence-electron chi connectivity index (χ3n) is 4.14. The highest BCUT2D eigenvalue weighted by Gasteiger charge is 2.15. The molecule has 0 aromatic heterocycles. The lowest BCUT2D eigenvalue weighted by atomic mass is 9.85. The van der Waals surface area contributed by atoms with Crippen LogP contribution in [0.25, 0.3) is 0 Å². The molecule has 2 rings (SSSR count). The molecular formula is C18H21O3S-. The summed E-state index contributed by atoms with van der Waals surface area (Å²) in [4.78, 5) is -0.165. The molecule has 2 atom stereocenters. The Balaban J connectivity index is 2.15. The van der Waals surface area contributed by atoms with E-state index in [0.717, 1.165) is 18.4 Å². The molecule has 4 heteroatoms. The van der Waals surface area contributed by atoms with Gasteiger partial charge in [0.2, 0.25) is 0 Å². The molecule has 0 fully saturated rings. The molecule has 0 saturated heterocycles. The molecule has 0 spiro atoms. The molecule has 22 heavy (non-hydrogen) atoms. The highest BCUT2D eigenvalue weighted by Crippen LogP contribution is 2.32. The maximum atomic E-state index is 11.0. The minimum absolute atomic E-state index is 0.165. The van der Waals surface area contributed by atoms with Crippen LogP contribution in [-0.2, 0) is 10.1 Å². The Morgan fingerprint density at radius 3 is 2.05 bits per heavy atom. The maximum absolute atomic E-state index is 11.0. The Kier molecular flexibility index (Phi) is 5.37. The monoisotopic (exact) mass is 317 g/mol. The van der Waals surface area contributed by atoms with Crippen molar-refractivity contribution in [2.75, 3.05) is 0 Å². The number of rotatable bonds is 6. The van der Waals surface area contributed by atoms with Gasteiger partial charge in [-0.2, -0.15) is 0 Å². The molecule has 3 nitrogen and oxygen atoms in total. The minimum atomic E-state index is -4.37. The van der Waals surface area contributed by atoms with Crippen LogP contribution in [0.15, 0.2) is 59.5 Å². The molecule has 0 amide bonds. The van der Waals surface area contributed by atoms with Crippen LogP contribution >= 0.6 is 0 Å². The third kappa shape index (κ3) is 4.18. The van der Waals surface area contributed by atoms with E-state index in [1.807, 2.05) is 18.2 Å². The van der Waals surface area contributed by atoms with E-state index >= 15 is 0 Å². The molecule has 0 radical (unpaired) electrons. The third-order valence-corrected chi connectivity index (χ3v) is 4.99. The second-order valence-corrected chi connectivity index (χ2v) is 7.06. The van der Waals surface area contributed by atoms with Gasteiger partial charge in [0.05, 0.1) is 4.90 Å². The lowest BCUT2D eigenvalue weighted by Crippen LogP contribution is -2.05. The summed E-state index contributed by atoms with van der Waals surface area (Å²) in [6.07, 6.45) is 1.96. The van der Waals surface area contributed by atoms with Gasteiger partial charge in [-0.25, -0.2) is 8.42 Å². The zero-order valence-corrected chi connectivity index (χ0v) is 13.7. The maximum Gasteiger partial charge on any atom is 0.124 e. The summed E-state index contributed by atoms with van der Waals surface area (Å²) in [6, 6.07) is 16.7. The Labute approximate surface area is 132 Å². The molecular weight excluding hydrogens is 296 g/mol. The van der Waals surface area contributed by atoms with Crippen molar-refractivity contribution in [2.24, 2.45) is 0 Å². The Hall–Kier alpha value is -1.65. The van der Waals surface area contributed by atoms with Crippen LogP contribution in [0, 0.1) is 0 Å². The minimum Gasteiger partial charge on any atom is -0.744 e. The van der Waals surface area contributed by atoms with Crippen molar-refractivity contribution in [1.82, 2.24) is 0 Å². The second-order valence-electron chi connectivity index (χ2n) is 5.68. The zero-order chi connectivity index (χ0) is 16.2. The molecule has 2 aromatic rings. The molecule has 0 aliphatic heterocycles. The lowest BCUT2D eigenvalue weighted by Gasteiger charge is -2.21. The fourth-order valence-electron chi connectivity index (χ4n) is 2.79. The van der Waals surface area contributed by atoms with Gasteiger partial charge < -0.3 is 4.55 Å². The fourth-order valence-corrected chi connectivity index (χ4v) is 3.26.